The molecule has 4 heterocycles. The van der Waals surface area contributed by atoms with Crippen molar-refractivity contribution in [1.82, 2.24) is 34.8 Å². The number of carbonyl (C=O) groups is 1. The minimum absolute atomic E-state index is 0.262. The Morgan fingerprint density at radius 2 is 1.81 bits per heavy atom. The molecule has 1 amide bonds. The maximum atomic E-state index is 12.9. The molecule has 0 spiro atoms. The Labute approximate surface area is 216 Å². The van der Waals surface area contributed by atoms with Crippen molar-refractivity contribution in [2.75, 3.05) is 23.7 Å². The summed E-state index contributed by atoms with van der Waals surface area (Å²) in [6, 6.07) is 8.93. The summed E-state index contributed by atoms with van der Waals surface area (Å²) in [6.07, 6.45) is 8.94. The van der Waals surface area contributed by atoms with Crippen LogP contribution < -0.4 is 10.6 Å². The number of pyridine rings is 1. The lowest BCUT2D eigenvalue weighted by atomic mass is 10.0. The number of piperidine rings is 1. The maximum Gasteiger partial charge on any atom is 0.278 e. The van der Waals surface area contributed by atoms with E-state index in [1.165, 1.54) is 0 Å². The van der Waals surface area contributed by atoms with Gasteiger partial charge in [0.2, 0.25) is 0 Å². The van der Waals surface area contributed by atoms with Gasteiger partial charge in [0.1, 0.15) is 11.6 Å². The van der Waals surface area contributed by atoms with Gasteiger partial charge in [-0.2, -0.15) is 0 Å². The van der Waals surface area contributed by atoms with E-state index in [1.54, 1.807) is 24.8 Å². The molecule has 3 aromatic heterocycles. The van der Waals surface area contributed by atoms with E-state index in [0.29, 0.717) is 11.9 Å². The number of fused-ring (bicyclic) bond motifs is 1. The lowest BCUT2D eigenvalue weighted by Gasteiger charge is -2.34. The van der Waals surface area contributed by atoms with Crippen molar-refractivity contribution in [3.05, 3.63) is 54.7 Å². The molecule has 1 aliphatic rings. The third-order valence-corrected chi connectivity index (χ3v) is 6.68. The van der Waals surface area contributed by atoms with Crippen LogP contribution in [0.1, 0.15) is 57.1 Å². The molecular formula is C27H33N9O. The molecule has 2 N–H and O–H groups in total. The van der Waals surface area contributed by atoms with E-state index in [1.807, 2.05) is 28.9 Å². The van der Waals surface area contributed by atoms with E-state index >= 15 is 0 Å². The smallest absolute Gasteiger partial charge is 0.278 e. The van der Waals surface area contributed by atoms with Crippen LogP contribution >= 0.6 is 0 Å². The van der Waals surface area contributed by atoms with Gasteiger partial charge < -0.3 is 15.5 Å². The summed E-state index contributed by atoms with van der Waals surface area (Å²) in [4.78, 5) is 28.8. The number of nitrogens with zero attached hydrogens (tertiary/aromatic N) is 7. The summed E-state index contributed by atoms with van der Waals surface area (Å²) < 4.78 is 1.83. The van der Waals surface area contributed by atoms with Crippen molar-refractivity contribution in [3.63, 3.8) is 0 Å². The lowest BCUT2D eigenvalue weighted by molar-refractivity contribution is 0.102. The molecule has 10 nitrogen and oxygen atoms in total. The normalized spacial score (nSPS) is 15.0. The molecule has 37 heavy (non-hydrogen) atoms. The zero-order valence-electron chi connectivity index (χ0n) is 21.7. The third kappa shape index (κ3) is 5.75. The number of amides is 1. The quantitative estimate of drug-likeness (QED) is 0.385. The Morgan fingerprint density at radius 1 is 1.00 bits per heavy atom. The third-order valence-electron chi connectivity index (χ3n) is 6.68. The second-order valence-electron chi connectivity index (χ2n) is 10.1. The van der Waals surface area contributed by atoms with Gasteiger partial charge in [0.05, 0.1) is 30.3 Å². The first-order valence-electron chi connectivity index (χ1n) is 12.8. The Balaban J connectivity index is 1.29. The van der Waals surface area contributed by atoms with Gasteiger partial charge in [0.25, 0.3) is 5.91 Å². The molecule has 192 valence electrons. The van der Waals surface area contributed by atoms with Crippen molar-refractivity contribution in [1.29, 1.82) is 0 Å². The van der Waals surface area contributed by atoms with Gasteiger partial charge in [-0.15, -0.1) is 5.10 Å². The van der Waals surface area contributed by atoms with Crippen LogP contribution in [0.25, 0.3) is 22.0 Å². The molecule has 5 rings (SSSR count). The van der Waals surface area contributed by atoms with Crippen LogP contribution in [0.15, 0.2) is 49.1 Å². The van der Waals surface area contributed by atoms with Gasteiger partial charge in [0.15, 0.2) is 5.69 Å². The van der Waals surface area contributed by atoms with Gasteiger partial charge in [0, 0.05) is 42.3 Å². The Hall–Kier alpha value is -3.92. The predicted molar refractivity (Wildman–Crippen MR) is 144 cm³/mol. The maximum absolute atomic E-state index is 12.9. The number of nitrogens with one attached hydrogen (secondary N) is 2. The van der Waals surface area contributed by atoms with Crippen LogP contribution in [0.4, 0.5) is 11.6 Å². The Bertz CT molecular complexity index is 1390. The molecule has 0 atom stereocenters. The zero-order valence-corrected chi connectivity index (χ0v) is 21.7. The number of likely N-dealkylation sites (tertiary alicyclic amines) is 1. The van der Waals surface area contributed by atoms with E-state index in [2.05, 4.69) is 68.5 Å². The number of aromatic nitrogens is 6. The van der Waals surface area contributed by atoms with Crippen molar-refractivity contribution in [2.24, 2.45) is 0 Å². The minimum Gasteiger partial charge on any atom is -0.367 e. The molecule has 0 radical (unpaired) electrons. The van der Waals surface area contributed by atoms with Gasteiger partial charge in [-0.05, 0) is 58.1 Å². The Morgan fingerprint density at radius 3 is 2.57 bits per heavy atom. The number of benzene rings is 1. The fraction of sp³-hybridized carbons (Fsp3) is 0.407. The molecule has 1 aliphatic heterocycles. The molecule has 1 fully saturated rings. The van der Waals surface area contributed by atoms with Crippen LogP contribution in [0.2, 0.25) is 0 Å². The van der Waals surface area contributed by atoms with Crippen LogP contribution in [0.3, 0.4) is 0 Å². The second-order valence-corrected chi connectivity index (χ2v) is 10.1. The topological polar surface area (TPSA) is 114 Å². The van der Waals surface area contributed by atoms with E-state index in [9.17, 15) is 4.79 Å². The number of hydrogen-bond donors (Lipinski definition) is 2. The molecule has 1 aromatic carbocycles. The van der Waals surface area contributed by atoms with Crippen molar-refractivity contribution in [2.45, 2.75) is 58.7 Å². The summed E-state index contributed by atoms with van der Waals surface area (Å²) in [5.41, 5.74) is 1.99. The van der Waals surface area contributed by atoms with E-state index in [4.69, 9.17) is 0 Å². The van der Waals surface area contributed by atoms with Crippen molar-refractivity contribution in [3.8, 4) is 11.3 Å². The molecular weight excluding hydrogens is 466 g/mol. The highest BCUT2D eigenvalue weighted by molar-refractivity contribution is 6.03. The molecule has 0 bridgehead atoms. The molecule has 4 aromatic rings. The first kappa shape index (κ1) is 24.8. The summed E-state index contributed by atoms with van der Waals surface area (Å²) in [7, 11) is 0. The van der Waals surface area contributed by atoms with Gasteiger partial charge >= 0.3 is 0 Å². The first-order valence-corrected chi connectivity index (χ1v) is 12.8. The molecule has 0 aliphatic carbocycles. The summed E-state index contributed by atoms with van der Waals surface area (Å²) in [5, 5.41) is 16.4. The summed E-state index contributed by atoms with van der Waals surface area (Å²) in [6.45, 7) is 10.6. The lowest BCUT2D eigenvalue weighted by Crippen LogP contribution is -2.39. The highest BCUT2D eigenvalue weighted by Gasteiger charge is 2.24. The first-order chi connectivity index (χ1) is 17.9. The van der Waals surface area contributed by atoms with Crippen molar-refractivity contribution < 1.29 is 4.79 Å². The summed E-state index contributed by atoms with van der Waals surface area (Å²) in [5.74, 6) is 0.858. The molecule has 1 saturated heterocycles. The number of carbonyl (C=O) groups excluding carboxylic acids is 1. The molecule has 0 unspecified atom stereocenters. The average molecular weight is 500 g/mol. The number of hydrogen-bond acceptors (Lipinski definition) is 8. The molecule has 10 heteroatoms. The summed E-state index contributed by atoms with van der Waals surface area (Å²) >= 11 is 0. The number of anilines is 2. The standard InChI is InChI=1S/C27H33N9O/c1-17(2)30-26-15-28-14-23(31-26)19-5-6-20-13-29-25(12-21(20)11-19)32-27(37)24-16-36(34-33-24)22-7-9-35(10-8-22)18(3)4/h5-6,11-18,22H,7-10H2,1-4H3,(H,30,31)(H,29,32,37). The highest BCUT2D eigenvalue weighted by atomic mass is 16.2. The Kier molecular flexibility index (Phi) is 7.09. The second kappa shape index (κ2) is 10.6. The molecule has 0 saturated carbocycles. The monoisotopic (exact) mass is 499 g/mol. The fourth-order valence-electron chi connectivity index (χ4n) is 4.65. The van der Waals surface area contributed by atoms with E-state index in [-0.39, 0.29) is 23.7 Å². The van der Waals surface area contributed by atoms with Crippen LogP contribution in [-0.4, -0.2) is 65.9 Å². The average Bonchev–Trinajstić information content (AvgIpc) is 3.39. The minimum atomic E-state index is -0.327. The fourth-order valence-corrected chi connectivity index (χ4v) is 4.65. The van der Waals surface area contributed by atoms with Gasteiger partial charge in [-0.25, -0.2) is 14.6 Å². The van der Waals surface area contributed by atoms with E-state index in [0.717, 1.165) is 53.8 Å². The highest BCUT2D eigenvalue weighted by Crippen LogP contribution is 2.26. The zero-order chi connectivity index (χ0) is 25.9. The SMILES string of the molecule is CC(C)Nc1cncc(-c2ccc3cnc(NC(=O)c4cn(C5CCN(C(C)C)CC5)nn4)cc3c2)n1. The van der Waals surface area contributed by atoms with E-state index < -0.39 is 0 Å². The van der Waals surface area contributed by atoms with Crippen LogP contribution in [0.5, 0.6) is 0 Å². The van der Waals surface area contributed by atoms with Gasteiger partial charge in [-0.3, -0.25) is 9.78 Å². The van der Waals surface area contributed by atoms with Crippen LogP contribution in [-0.2, 0) is 0 Å². The van der Waals surface area contributed by atoms with Crippen LogP contribution in [0, 0.1) is 0 Å². The van der Waals surface area contributed by atoms with Gasteiger partial charge in [-0.1, -0.05) is 17.3 Å². The van der Waals surface area contributed by atoms with Crippen molar-refractivity contribution >= 4 is 28.3 Å². The predicted octanol–water partition coefficient (Wildman–Crippen LogP) is 4.40. The number of rotatable bonds is 7. The largest absolute Gasteiger partial charge is 0.367 e.